The molecule has 0 atom stereocenters. The fraction of sp³-hybridized carbons (Fsp3) is 0.231. The summed E-state index contributed by atoms with van der Waals surface area (Å²) in [5.41, 5.74) is 0. The molecule has 22 heavy (non-hydrogen) atoms. The van der Waals surface area contributed by atoms with Gasteiger partial charge in [-0.3, -0.25) is 0 Å². The predicted octanol–water partition coefficient (Wildman–Crippen LogP) is 3.17. The maximum absolute atomic E-state index is 12.3. The summed E-state index contributed by atoms with van der Waals surface area (Å²) in [4.78, 5) is 0.432. The zero-order chi connectivity index (χ0) is 16.2. The Labute approximate surface area is 129 Å². The molecule has 0 fully saturated rings. The number of rotatable bonds is 6. The SMILES string of the molecule is O=S(=O)(NCCc1cccs1)c1ccccc1OC(F)(F)F. The van der Waals surface area contributed by atoms with Crippen LogP contribution in [0.3, 0.4) is 0 Å². The Hall–Kier alpha value is -1.58. The van der Waals surface area contributed by atoms with E-state index in [1.165, 1.54) is 23.5 Å². The fourth-order valence-electron chi connectivity index (χ4n) is 1.72. The summed E-state index contributed by atoms with van der Waals surface area (Å²) < 4.78 is 67.2. The minimum atomic E-state index is -4.96. The lowest BCUT2D eigenvalue weighted by atomic mass is 10.3. The van der Waals surface area contributed by atoms with E-state index in [1.807, 2.05) is 17.5 Å². The van der Waals surface area contributed by atoms with Crippen molar-refractivity contribution in [2.24, 2.45) is 0 Å². The molecule has 0 amide bonds. The molecule has 2 aromatic rings. The lowest BCUT2D eigenvalue weighted by Gasteiger charge is -2.13. The average molecular weight is 351 g/mol. The van der Waals surface area contributed by atoms with Crippen LogP contribution in [0, 0.1) is 0 Å². The van der Waals surface area contributed by atoms with Crippen molar-refractivity contribution in [3.63, 3.8) is 0 Å². The van der Waals surface area contributed by atoms with Crippen molar-refractivity contribution in [2.45, 2.75) is 17.7 Å². The van der Waals surface area contributed by atoms with Gasteiger partial charge >= 0.3 is 6.36 Å². The van der Waals surface area contributed by atoms with Crippen LogP contribution in [0.4, 0.5) is 13.2 Å². The third-order valence-electron chi connectivity index (χ3n) is 2.61. The summed E-state index contributed by atoms with van der Waals surface area (Å²) in [5, 5.41) is 1.86. The number of para-hydroxylation sites is 1. The van der Waals surface area contributed by atoms with Gasteiger partial charge in [0.1, 0.15) is 10.6 Å². The van der Waals surface area contributed by atoms with Crippen LogP contribution in [0.5, 0.6) is 5.75 Å². The van der Waals surface area contributed by atoms with E-state index in [9.17, 15) is 21.6 Å². The van der Waals surface area contributed by atoms with E-state index < -0.39 is 27.0 Å². The van der Waals surface area contributed by atoms with Gasteiger partial charge < -0.3 is 4.74 Å². The lowest BCUT2D eigenvalue weighted by Crippen LogP contribution is -2.27. The number of hydrogen-bond donors (Lipinski definition) is 1. The summed E-state index contributed by atoms with van der Waals surface area (Å²) in [6, 6.07) is 8.30. The molecule has 0 spiro atoms. The van der Waals surface area contributed by atoms with Gasteiger partial charge in [-0.2, -0.15) is 0 Å². The molecule has 1 N–H and O–H groups in total. The normalized spacial score (nSPS) is 12.3. The van der Waals surface area contributed by atoms with Crippen LogP contribution in [0.1, 0.15) is 4.88 Å². The van der Waals surface area contributed by atoms with Crippen molar-refractivity contribution in [3.05, 3.63) is 46.7 Å². The summed E-state index contributed by atoms with van der Waals surface area (Å²) >= 11 is 1.47. The first kappa shape index (κ1) is 16.8. The number of benzene rings is 1. The van der Waals surface area contributed by atoms with Crippen molar-refractivity contribution in [2.75, 3.05) is 6.54 Å². The average Bonchev–Trinajstić information content (AvgIpc) is 2.90. The molecule has 2 rings (SSSR count). The first-order chi connectivity index (χ1) is 10.3. The highest BCUT2D eigenvalue weighted by Gasteiger charge is 2.33. The van der Waals surface area contributed by atoms with Crippen LogP contribution in [0.15, 0.2) is 46.7 Å². The number of ether oxygens (including phenoxy) is 1. The van der Waals surface area contributed by atoms with Crippen molar-refractivity contribution in [1.82, 2.24) is 4.72 Å². The number of sulfonamides is 1. The number of halogens is 3. The summed E-state index contributed by atoms with van der Waals surface area (Å²) in [6.45, 7) is 0.0865. The van der Waals surface area contributed by atoms with Gasteiger partial charge in [-0.25, -0.2) is 13.1 Å². The summed E-state index contributed by atoms with van der Waals surface area (Å²) in [5.74, 6) is -0.751. The zero-order valence-electron chi connectivity index (χ0n) is 11.1. The second-order valence-corrected chi connectivity index (χ2v) is 6.99. The van der Waals surface area contributed by atoms with Crippen molar-refractivity contribution in [1.29, 1.82) is 0 Å². The maximum Gasteiger partial charge on any atom is 0.573 e. The maximum atomic E-state index is 12.3. The second kappa shape index (κ2) is 6.67. The topological polar surface area (TPSA) is 55.4 Å². The highest BCUT2D eigenvalue weighted by molar-refractivity contribution is 7.89. The van der Waals surface area contributed by atoms with Crippen LogP contribution in [0.25, 0.3) is 0 Å². The molecule has 120 valence electrons. The Kier molecular flexibility index (Phi) is 5.09. The van der Waals surface area contributed by atoms with Crippen LogP contribution < -0.4 is 9.46 Å². The van der Waals surface area contributed by atoms with Gasteiger partial charge in [0.25, 0.3) is 0 Å². The first-order valence-electron chi connectivity index (χ1n) is 6.15. The molecular formula is C13H12F3NO3S2. The van der Waals surface area contributed by atoms with Crippen molar-refractivity contribution >= 4 is 21.4 Å². The Bertz CT molecular complexity index is 712. The Morgan fingerprint density at radius 2 is 1.86 bits per heavy atom. The number of thiophene rings is 1. The molecule has 0 aliphatic heterocycles. The minimum absolute atomic E-state index is 0.0865. The van der Waals surface area contributed by atoms with E-state index >= 15 is 0 Å². The molecule has 1 aromatic carbocycles. The van der Waals surface area contributed by atoms with E-state index in [0.717, 1.165) is 17.0 Å². The fourth-order valence-corrected chi connectivity index (χ4v) is 3.59. The largest absolute Gasteiger partial charge is 0.573 e. The predicted molar refractivity (Wildman–Crippen MR) is 76.3 cm³/mol. The number of nitrogens with one attached hydrogen (secondary N) is 1. The van der Waals surface area contributed by atoms with E-state index in [1.54, 1.807) is 0 Å². The Balaban J connectivity index is 2.11. The van der Waals surface area contributed by atoms with E-state index in [4.69, 9.17) is 0 Å². The van der Waals surface area contributed by atoms with Gasteiger partial charge in [-0.1, -0.05) is 18.2 Å². The van der Waals surface area contributed by atoms with Crippen LogP contribution >= 0.6 is 11.3 Å². The molecule has 0 aliphatic carbocycles. The highest BCUT2D eigenvalue weighted by atomic mass is 32.2. The number of hydrogen-bond acceptors (Lipinski definition) is 4. The van der Waals surface area contributed by atoms with E-state index in [0.29, 0.717) is 6.42 Å². The standard InChI is InChI=1S/C13H12F3NO3S2/c14-13(15,16)20-11-5-1-2-6-12(11)22(18,19)17-8-7-10-4-3-9-21-10/h1-6,9,17H,7-8H2. The van der Waals surface area contributed by atoms with Crippen molar-refractivity contribution in [3.8, 4) is 5.75 Å². The summed E-state index contributed by atoms with van der Waals surface area (Å²) in [6.07, 6.45) is -4.50. The van der Waals surface area contributed by atoms with Gasteiger partial charge in [0.05, 0.1) is 0 Å². The molecule has 1 aromatic heterocycles. The molecule has 0 saturated heterocycles. The second-order valence-electron chi connectivity index (χ2n) is 4.22. The molecule has 9 heteroatoms. The highest BCUT2D eigenvalue weighted by Crippen LogP contribution is 2.29. The van der Waals surface area contributed by atoms with Gasteiger partial charge in [0.2, 0.25) is 10.0 Å². The molecule has 0 bridgehead atoms. The van der Waals surface area contributed by atoms with Crippen LogP contribution in [-0.4, -0.2) is 21.3 Å². The van der Waals surface area contributed by atoms with Crippen molar-refractivity contribution < 1.29 is 26.3 Å². The zero-order valence-corrected chi connectivity index (χ0v) is 12.8. The van der Waals surface area contributed by atoms with E-state index in [2.05, 4.69) is 9.46 Å². The van der Waals surface area contributed by atoms with Crippen LogP contribution in [0.2, 0.25) is 0 Å². The van der Waals surface area contributed by atoms with Gasteiger partial charge in [0.15, 0.2) is 0 Å². The van der Waals surface area contributed by atoms with Gasteiger partial charge in [-0.05, 0) is 30.0 Å². The summed E-state index contributed by atoms with van der Waals surface area (Å²) in [7, 11) is -4.09. The third kappa shape index (κ3) is 4.72. The Morgan fingerprint density at radius 3 is 2.50 bits per heavy atom. The minimum Gasteiger partial charge on any atom is -0.404 e. The van der Waals surface area contributed by atoms with E-state index in [-0.39, 0.29) is 6.54 Å². The van der Waals surface area contributed by atoms with Gasteiger partial charge in [-0.15, -0.1) is 24.5 Å². The third-order valence-corrected chi connectivity index (χ3v) is 5.04. The molecule has 0 saturated carbocycles. The molecule has 0 aliphatic rings. The van der Waals surface area contributed by atoms with Crippen LogP contribution in [-0.2, 0) is 16.4 Å². The molecule has 0 unspecified atom stereocenters. The smallest absolute Gasteiger partial charge is 0.404 e. The Morgan fingerprint density at radius 1 is 1.14 bits per heavy atom. The molecular weight excluding hydrogens is 339 g/mol. The molecule has 1 heterocycles. The first-order valence-corrected chi connectivity index (χ1v) is 8.51. The monoisotopic (exact) mass is 351 g/mol. The quantitative estimate of drug-likeness (QED) is 0.870. The lowest BCUT2D eigenvalue weighted by molar-refractivity contribution is -0.275. The van der Waals surface area contributed by atoms with Gasteiger partial charge in [0, 0.05) is 11.4 Å². The molecule has 4 nitrogen and oxygen atoms in total. The molecule has 0 radical (unpaired) electrons. The number of alkyl halides is 3.